The molecule has 2 rings (SSSR count). The fourth-order valence-corrected chi connectivity index (χ4v) is 2.67. The minimum absolute atomic E-state index is 0.216. The molecular weight excluding hydrogens is 321 g/mol. The molecule has 0 saturated carbocycles. The van der Waals surface area contributed by atoms with E-state index in [-0.39, 0.29) is 5.82 Å². The molecule has 0 aliphatic carbocycles. The third kappa shape index (κ3) is 3.31. The average molecular weight is 338 g/mol. The summed E-state index contributed by atoms with van der Waals surface area (Å²) in [5.41, 5.74) is 4.01. The summed E-state index contributed by atoms with van der Waals surface area (Å²) in [6.45, 7) is 4.54. The van der Waals surface area contributed by atoms with Crippen molar-refractivity contribution in [3.63, 3.8) is 0 Å². The lowest BCUT2D eigenvalue weighted by atomic mass is 10.1. The van der Waals surface area contributed by atoms with Gasteiger partial charge in [-0.2, -0.15) is 0 Å². The van der Waals surface area contributed by atoms with Crippen LogP contribution in [-0.4, -0.2) is 7.11 Å². The molecular formula is C16H17BrFNO. The van der Waals surface area contributed by atoms with E-state index in [2.05, 4.69) is 21.2 Å². The van der Waals surface area contributed by atoms with Crippen LogP contribution in [0.5, 0.6) is 5.75 Å². The summed E-state index contributed by atoms with van der Waals surface area (Å²) in [6.07, 6.45) is 0. The van der Waals surface area contributed by atoms with Gasteiger partial charge in [0.05, 0.1) is 12.8 Å². The molecule has 106 valence electrons. The first-order valence-corrected chi connectivity index (χ1v) is 7.13. The Kier molecular flexibility index (Phi) is 4.65. The normalized spacial score (nSPS) is 10.4. The Hall–Kier alpha value is -1.55. The molecule has 0 spiro atoms. The minimum atomic E-state index is -0.216. The Bertz CT molecular complexity index is 628. The van der Waals surface area contributed by atoms with Gasteiger partial charge < -0.3 is 10.1 Å². The average Bonchev–Trinajstić information content (AvgIpc) is 2.40. The predicted molar refractivity (Wildman–Crippen MR) is 83.9 cm³/mol. The first-order valence-electron chi connectivity index (χ1n) is 6.34. The fraction of sp³-hybridized carbons (Fsp3) is 0.250. The molecule has 4 heteroatoms. The van der Waals surface area contributed by atoms with Crippen LogP contribution in [-0.2, 0) is 6.54 Å². The summed E-state index contributed by atoms with van der Waals surface area (Å²) < 4.78 is 19.6. The van der Waals surface area contributed by atoms with Crippen LogP contribution >= 0.6 is 15.9 Å². The highest BCUT2D eigenvalue weighted by Gasteiger charge is 2.09. The number of anilines is 1. The Morgan fingerprint density at radius 2 is 1.90 bits per heavy atom. The van der Waals surface area contributed by atoms with Gasteiger partial charge >= 0.3 is 0 Å². The van der Waals surface area contributed by atoms with E-state index >= 15 is 0 Å². The molecule has 0 heterocycles. The second-order valence-corrected chi connectivity index (χ2v) is 5.64. The van der Waals surface area contributed by atoms with Gasteiger partial charge in [-0.1, -0.05) is 22.0 Å². The van der Waals surface area contributed by atoms with Crippen LogP contribution in [0.2, 0.25) is 0 Å². The maximum absolute atomic E-state index is 13.3. The Morgan fingerprint density at radius 3 is 2.60 bits per heavy atom. The van der Waals surface area contributed by atoms with Crippen molar-refractivity contribution in [2.45, 2.75) is 20.4 Å². The van der Waals surface area contributed by atoms with Crippen LogP contribution in [0.1, 0.15) is 16.7 Å². The smallest absolute Gasteiger partial charge is 0.143 e. The minimum Gasteiger partial charge on any atom is -0.495 e. The first-order chi connectivity index (χ1) is 9.51. The lowest BCUT2D eigenvalue weighted by molar-refractivity contribution is 0.416. The van der Waals surface area contributed by atoms with Crippen molar-refractivity contribution < 1.29 is 9.13 Å². The third-order valence-corrected chi connectivity index (χ3v) is 3.71. The number of halogens is 2. The van der Waals surface area contributed by atoms with Gasteiger partial charge in [-0.3, -0.25) is 0 Å². The highest BCUT2D eigenvalue weighted by atomic mass is 79.9. The summed E-state index contributed by atoms with van der Waals surface area (Å²) in [7, 11) is 1.64. The second kappa shape index (κ2) is 6.27. The summed E-state index contributed by atoms with van der Waals surface area (Å²) in [5, 5.41) is 3.33. The van der Waals surface area contributed by atoms with Crippen molar-refractivity contribution in [3.05, 3.63) is 57.3 Å². The number of benzene rings is 2. The zero-order valence-electron chi connectivity index (χ0n) is 11.8. The maximum atomic E-state index is 13.3. The van der Waals surface area contributed by atoms with E-state index in [1.807, 2.05) is 26.0 Å². The molecule has 20 heavy (non-hydrogen) atoms. The van der Waals surface area contributed by atoms with Gasteiger partial charge in [0.25, 0.3) is 0 Å². The Balaban J connectivity index is 2.25. The highest BCUT2D eigenvalue weighted by molar-refractivity contribution is 9.10. The van der Waals surface area contributed by atoms with Crippen molar-refractivity contribution in [1.29, 1.82) is 0 Å². The fourth-order valence-electron chi connectivity index (χ4n) is 2.11. The predicted octanol–water partition coefficient (Wildman–Crippen LogP) is 4.83. The van der Waals surface area contributed by atoms with Gasteiger partial charge in [-0.15, -0.1) is 0 Å². The number of nitrogens with one attached hydrogen (secondary N) is 1. The standard InChI is InChI=1S/C16H17BrFNO/c1-10-4-5-14(18)7-12(10)9-19-16-11(2)6-13(17)8-15(16)20-3/h4-8,19H,9H2,1-3H3. The highest BCUT2D eigenvalue weighted by Crippen LogP contribution is 2.32. The third-order valence-electron chi connectivity index (χ3n) is 3.25. The van der Waals surface area contributed by atoms with E-state index in [9.17, 15) is 4.39 Å². The molecule has 2 nitrogen and oxygen atoms in total. The van der Waals surface area contributed by atoms with Crippen molar-refractivity contribution in [2.24, 2.45) is 0 Å². The van der Waals surface area contributed by atoms with Gasteiger partial charge in [-0.05, 0) is 54.8 Å². The number of methoxy groups -OCH3 is 1. The molecule has 0 unspecified atom stereocenters. The Labute approximate surface area is 127 Å². The molecule has 2 aromatic rings. The molecule has 0 aromatic heterocycles. The van der Waals surface area contributed by atoms with Crippen LogP contribution in [0, 0.1) is 19.7 Å². The van der Waals surface area contributed by atoms with Gasteiger partial charge in [0.15, 0.2) is 0 Å². The molecule has 0 saturated heterocycles. The Morgan fingerprint density at radius 1 is 1.15 bits per heavy atom. The van der Waals surface area contributed by atoms with E-state index < -0.39 is 0 Å². The quantitative estimate of drug-likeness (QED) is 0.862. The van der Waals surface area contributed by atoms with Crippen LogP contribution in [0.4, 0.5) is 10.1 Å². The van der Waals surface area contributed by atoms with E-state index in [1.165, 1.54) is 6.07 Å². The number of ether oxygens (including phenoxy) is 1. The molecule has 0 aliphatic heterocycles. The summed E-state index contributed by atoms with van der Waals surface area (Å²) in [6, 6.07) is 8.75. The van der Waals surface area contributed by atoms with Gasteiger partial charge in [0, 0.05) is 11.0 Å². The van der Waals surface area contributed by atoms with Crippen LogP contribution in [0.15, 0.2) is 34.8 Å². The number of hydrogen-bond acceptors (Lipinski definition) is 2. The summed E-state index contributed by atoms with van der Waals surface area (Å²) >= 11 is 3.45. The molecule has 0 amide bonds. The van der Waals surface area contributed by atoms with E-state index in [0.717, 1.165) is 32.6 Å². The molecule has 1 N–H and O–H groups in total. The van der Waals surface area contributed by atoms with Crippen molar-refractivity contribution >= 4 is 21.6 Å². The SMILES string of the molecule is COc1cc(Br)cc(C)c1NCc1cc(F)ccc1C. The van der Waals surface area contributed by atoms with Crippen molar-refractivity contribution in [3.8, 4) is 5.75 Å². The summed E-state index contributed by atoms with van der Waals surface area (Å²) in [4.78, 5) is 0. The largest absolute Gasteiger partial charge is 0.495 e. The molecule has 0 atom stereocenters. The lowest BCUT2D eigenvalue weighted by Crippen LogP contribution is -2.05. The second-order valence-electron chi connectivity index (χ2n) is 4.72. The summed E-state index contributed by atoms with van der Waals surface area (Å²) in [5.74, 6) is 0.554. The zero-order chi connectivity index (χ0) is 14.7. The topological polar surface area (TPSA) is 21.3 Å². The van der Waals surface area contributed by atoms with Crippen LogP contribution in [0.25, 0.3) is 0 Å². The van der Waals surface area contributed by atoms with Gasteiger partial charge in [0.2, 0.25) is 0 Å². The molecule has 0 fully saturated rings. The van der Waals surface area contributed by atoms with E-state index in [0.29, 0.717) is 6.54 Å². The van der Waals surface area contributed by atoms with E-state index in [4.69, 9.17) is 4.74 Å². The zero-order valence-corrected chi connectivity index (χ0v) is 13.3. The number of rotatable bonds is 4. The van der Waals surface area contributed by atoms with Gasteiger partial charge in [0.1, 0.15) is 11.6 Å². The monoisotopic (exact) mass is 337 g/mol. The molecule has 2 aromatic carbocycles. The molecule has 0 aliphatic rings. The number of aryl methyl sites for hydroxylation is 2. The van der Waals surface area contributed by atoms with Gasteiger partial charge in [-0.25, -0.2) is 4.39 Å². The lowest BCUT2D eigenvalue weighted by Gasteiger charge is -2.15. The maximum Gasteiger partial charge on any atom is 0.143 e. The van der Waals surface area contributed by atoms with E-state index in [1.54, 1.807) is 19.2 Å². The number of hydrogen-bond donors (Lipinski definition) is 1. The van der Waals surface area contributed by atoms with Crippen LogP contribution < -0.4 is 10.1 Å². The van der Waals surface area contributed by atoms with Crippen molar-refractivity contribution in [2.75, 3.05) is 12.4 Å². The van der Waals surface area contributed by atoms with Crippen molar-refractivity contribution in [1.82, 2.24) is 0 Å². The molecule has 0 radical (unpaired) electrons. The van der Waals surface area contributed by atoms with Crippen LogP contribution in [0.3, 0.4) is 0 Å². The molecule has 0 bridgehead atoms. The first kappa shape index (κ1) is 14.9.